The molecule has 90 valence electrons. The Labute approximate surface area is 106 Å². The average Bonchev–Trinajstić information content (AvgIpc) is 2.25. The van der Waals surface area contributed by atoms with Gasteiger partial charge < -0.3 is 10.5 Å². The lowest BCUT2D eigenvalue weighted by Crippen LogP contribution is -2.12. The summed E-state index contributed by atoms with van der Waals surface area (Å²) < 4.78 is 6.37. The van der Waals surface area contributed by atoms with E-state index in [9.17, 15) is 0 Å². The normalized spacial score (nSPS) is 12.9. The lowest BCUT2D eigenvalue weighted by molar-refractivity contribution is 0.401. The molecule has 1 rings (SSSR count). The number of methoxy groups -OCH3 is 1. The van der Waals surface area contributed by atoms with Gasteiger partial charge in [0.1, 0.15) is 5.75 Å². The molecule has 3 heteroatoms. The first-order chi connectivity index (χ1) is 7.54. The molecule has 1 atom stereocenters. The van der Waals surface area contributed by atoms with Gasteiger partial charge in [-0.05, 0) is 37.0 Å². The summed E-state index contributed by atoms with van der Waals surface area (Å²) in [5.74, 6) is 1.56. The van der Waals surface area contributed by atoms with Crippen LogP contribution in [0.3, 0.4) is 0 Å². The van der Waals surface area contributed by atoms with Crippen LogP contribution in [0.2, 0.25) is 0 Å². The SMILES string of the molecule is COc1ccc(Br)cc1C(N)CCC(C)C. The summed E-state index contributed by atoms with van der Waals surface area (Å²) in [5.41, 5.74) is 7.27. The van der Waals surface area contributed by atoms with E-state index in [1.54, 1.807) is 7.11 Å². The molecular formula is C13H20BrNO. The van der Waals surface area contributed by atoms with Crippen molar-refractivity contribution < 1.29 is 4.74 Å². The number of rotatable bonds is 5. The third kappa shape index (κ3) is 3.80. The molecule has 0 saturated heterocycles. The zero-order valence-corrected chi connectivity index (χ0v) is 11.8. The van der Waals surface area contributed by atoms with Crippen LogP contribution in [0.4, 0.5) is 0 Å². The van der Waals surface area contributed by atoms with Crippen LogP contribution in [0.1, 0.15) is 38.3 Å². The van der Waals surface area contributed by atoms with Crippen LogP contribution in [-0.2, 0) is 0 Å². The molecule has 0 amide bonds. The van der Waals surface area contributed by atoms with E-state index in [2.05, 4.69) is 29.8 Å². The second kappa shape index (κ2) is 6.26. The molecule has 16 heavy (non-hydrogen) atoms. The fraction of sp³-hybridized carbons (Fsp3) is 0.538. The Morgan fingerprint density at radius 3 is 2.56 bits per heavy atom. The minimum Gasteiger partial charge on any atom is -0.496 e. The molecule has 0 spiro atoms. The van der Waals surface area contributed by atoms with E-state index in [4.69, 9.17) is 10.5 Å². The van der Waals surface area contributed by atoms with Crippen molar-refractivity contribution in [3.8, 4) is 5.75 Å². The fourth-order valence-electron chi connectivity index (χ4n) is 1.66. The highest BCUT2D eigenvalue weighted by molar-refractivity contribution is 9.10. The molecule has 0 heterocycles. The Morgan fingerprint density at radius 1 is 1.31 bits per heavy atom. The van der Waals surface area contributed by atoms with E-state index in [0.717, 1.165) is 28.6 Å². The van der Waals surface area contributed by atoms with Gasteiger partial charge in [0.15, 0.2) is 0 Å². The van der Waals surface area contributed by atoms with Gasteiger partial charge in [0.2, 0.25) is 0 Å². The molecule has 1 aromatic carbocycles. The van der Waals surface area contributed by atoms with Crippen molar-refractivity contribution >= 4 is 15.9 Å². The first kappa shape index (κ1) is 13.5. The Kier molecular flexibility index (Phi) is 5.29. The lowest BCUT2D eigenvalue weighted by Gasteiger charge is -2.17. The Hall–Kier alpha value is -0.540. The molecule has 0 aromatic heterocycles. The monoisotopic (exact) mass is 285 g/mol. The molecular weight excluding hydrogens is 266 g/mol. The summed E-state index contributed by atoms with van der Waals surface area (Å²) >= 11 is 3.46. The smallest absolute Gasteiger partial charge is 0.123 e. The van der Waals surface area contributed by atoms with Crippen molar-refractivity contribution in [3.63, 3.8) is 0 Å². The summed E-state index contributed by atoms with van der Waals surface area (Å²) in [4.78, 5) is 0. The van der Waals surface area contributed by atoms with E-state index >= 15 is 0 Å². The standard InChI is InChI=1S/C13H20BrNO/c1-9(2)4-6-12(15)11-8-10(14)5-7-13(11)16-3/h5,7-9,12H,4,6,15H2,1-3H3. The predicted octanol–water partition coefficient (Wildman–Crippen LogP) is 3.89. The van der Waals surface area contributed by atoms with Gasteiger partial charge in [-0.3, -0.25) is 0 Å². The topological polar surface area (TPSA) is 35.2 Å². The summed E-state index contributed by atoms with van der Waals surface area (Å²) in [5, 5.41) is 0. The van der Waals surface area contributed by atoms with Crippen LogP contribution in [0.15, 0.2) is 22.7 Å². The molecule has 0 aliphatic carbocycles. The molecule has 0 aliphatic heterocycles. The Balaban J connectivity index is 2.80. The summed E-state index contributed by atoms with van der Waals surface area (Å²) in [6.45, 7) is 4.43. The van der Waals surface area contributed by atoms with Gasteiger partial charge >= 0.3 is 0 Å². The minimum atomic E-state index is 0.0508. The van der Waals surface area contributed by atoms with Gasteiger partial charge in [-0.2, -0.15) is 0 Å². The van der Waals surface area contributed by atoms with Gasteiger partial charge in [0.25, 0.3) is 0 Å². The first-order valence-electron chi connectivity index (χ1n) is 5.63. The summed E-state index contributed by atoms with van der Waals surface area (Å²) in [6.07, 6.45) is 2.13. The van der Waals surface area contributed by atoms with Crippen LogP contribution in [-0.4, -0.2) is 7.11 Å². The van der Waals surface area contributed by atoms with E-state index in [-0.39, 0.29) is 6.04 Å². The minimum absolute atomic E-state index is 0.0508. The number of nitrogens with two attached hydrogens (primary N) is 1. The molecule has 0 radical (unpaired) electrons. The molecule has 1 unspecified atom stereocenters. The van der Waals surface area contributed by atoms with Gasteiger partial charge in [0, 0.05) is 16.1 Å². The van der Waals surface area contributed by atoms with Crippen LogP contribution in [0, 0.1) is 5.92 Å². The van der Waals surface area contributed by atoms with Crippen LogP contribution in [0.5, 0.6) is 5.75 Å². The molecule has 0 fully saturated rings. The molecule has 0 bridgehead atoms. The van der Waals surface area contributed by atoms with E-state index in [0.29, 0.717) is 5.92 Å². The second-order valence-electron chi connectivity index (χ2n) is 4.46. The average molecular weight is 286 g/mol. The lowest BCUT2D eigenvalue weighted by atomic mass is 9.98. The maximum atomic E-state index is 6.19. The van der Waals surface area contributed by atoms with Crippen molar-refractivity contribution in [2.45, 2.75) is 32.7 Å². The molecule has 2 nitrogen and oxygen atoms in total. The van der Waals surface area contributed by atoms with E-state index < -0.39 is 0 Å². The van der Waals surface area contributed by atoms with Crippen molar-refractivity contribution in [2.24, 2.45) is 11.7 Å². The van der Waals surface area contributed by atoms with Crippen LogP contribution >= 0.6 is 15.9 Å². The number of hydrogen-bond acceptors (Lipinski definition) is 2. The molecule has 0 aliphatic rings. The fourth-order valence-corrected chi connectivity index (χ4v) is 2.04. The van der Waals surface area contributed by atoms with E-state index in [1.165, 1.54) is 0 Å². The van der Waals surface area contributed by atoms with Gasteiger partial charge in [-0.15, -0.1) is 0 Å². The van der Waals surface area contributed by atoms with Gasteiger partial charge in [0.05, 0.1) is 7.11 Å². The summed E-state index contributed by atoms with van der Waals surface area (Å²) in [7, 11) is 1.68. The largest absolute Gasteiger partial charge is 0.496 e. The van der Waals surface area contributed by atoms with Crippen molar-refractivity contribution in [3.05, 3.63) is 28.2 Å². The Bertz CT molecular complexity index is 339. The highest BCUT2D eigenvalue weighted by Gasteiger charge is 2.12. The zero-order valence-electron chi connectivity index (χ0n) is 10.2. The van der Waals surface area contributed by atoms with Crippen LogP contribution < -0.4 is 10.5 Å². The molecule has 2 N–H and O–H groups in total. The Morgan fingerprint density at radius 2 is 2.00 bits per heavy atom. The first-order valence-corrected chi connectivity index (χ1v) is 6.43. The van der Waals surface area contributed by atoms with Crippen molar-refractivity contribution in [2.75, 3.05) is 7.11 Å². The van der Waals surface area contributed by atoms with Crippen LogP contribution in [0.25, 0.3) is 0 Å². The zero-order chi connectivity index (χ0) is 12.1. The molecule has 0 saturated carbocycles. The van der Waals surface area contributed by atoms with Crippen molar-refractivity contribution in [1.82, 2.24) is 0 Å². The second-order valence-corrected chi connectivity index (χ2v) is 5.38. The predicted molar refractivity (Wildman–Crippen MR) is 71.7 cm³/mol. The number of benzene rings is 1. The van der Waals surface area contributed by atoms with Gasteiger partial charge in [-0.25, -0.2) is 0 Å². The third-order valence-corrected chi connectivity index (χ3v) is 3.14. The van der Waals surface area contributed by atoms with Gasteiger partial charge in [-0.1, -0.05) is 29.8 Å². The highest BCUT2D eigenvalue weighted by Crippen LogP contribution is 2.30. The number of ether oxygens (including phenoxy) is 1. The van der Waals surface area contributed by atoms with E-state index in [1.807, 2.05) is 18.2 Å². The summed E-state index contributed by atoms with van der Waals surface area (Å²) in [6, 6.07) is 6.02. The highest BCUT2D eigenvalue weighted by atomic mass is 79.9. The quantitative estimate of drug-likeness (QED) is 0.891. The maximum Gasteiger partial charge on any atom is 0.123 e. The number of halogens is 1. The number of hydrogen-bond donors (Lipinski definition) is 1. The maximum absolute atomic E-state index is 6.19. The molecule has 1 aromatic rings. The third-order valence-electron chi connectivity index (χ3n) is 2.65. The van der Waals surface area contributed by atoms with Crippen molar-refractivity contribution in [1.29, 1.82) is 0 Å².